The molecule has 2 rings (SSSR count). The van der Waals surface area contributed by atoms with Crippen molar-refractivity contribution in [1.82, 2.24) is 15.1 Å². The molecule has 0 aromatic carbocycles. The maximum Gasteiger partial charge on any atom is 0.289 e. The van der Waals surface area contributed by atoms with Gasteiger partial charge in [0.25, 0.3) is 5.91 Å². The van der Waals surface area contributed by atoms with Crippen molar-refractivity contribution in [2.75, 3.05) is 51.8 Å². The number of nitrogens with one attached hydrogen (secondary N) is 1. The number of thioether (sulfide) groups is 1. The summed E-state index contributed by atoms with van der Waals surface area (Å²) in [4.78, 5) is 20.6. The highest BCUT2D eigenvalue weighted by Gasteiger charge is 2.24. The molecule has 7 heteroatoms. The second-order valence-corrected chi connectivity index (χ2v) is 6.06. The molecule has 6 nitrogen and oxygen atoms in total. The van der Waals surface area contributed by atoms with Gasteiger partial charge < -0.3 is 19.5 Å². The van der Waals surface area contributed by atoms with Crippen molar-refractivity contribution in [3.05, 3.63) is 24.2 Å². The number of furan rings is 1. The summed E-state index contributed by atoms with van der Waals surface area (Å²) >= 11 is 1.85. The lowest BCUT2D eigenvalue weighted by molar-refractivity contribution is 0.0658. The summed E-state index contributed by atoms with van der Waals surface area (Å²) in [6.45, 7) is 3.87. The van der Waals surface area contributed by atoms with Gasteiger partial charge in [-0.05, 0) is 30.6 Å². The number of aliphatic imine (C=N–C) groups is 1. The van der Waals surface area contributed by atoms with Crippen LogP contribution in [-0.4, -0.2) is 73.4 Å². The number of hydrogen-bond donors (Lipinski definition) is 1. The van der Waals surface area contributed by atoms with Crippen LogP contribution in [0.4, 0.5) is 0 Å². The van der Waals surface area contributed by atoms with E-state index in [1.165, 1.54) is 6.26 Å². The maximum atomic E-state index is 12.2. The van der Waals surface area contributed by atoms with E-state index in [4.69, 9.17) is 4.42 Å². The molecular formula is C15H24N4O2S. The van der Waals surface area contributed by atoms with Gasteiger partial charge >= 0.3 is 0 Å². The first kappa shape index (κ1) is 16.7. The Kier molecular flexibility index (Phi) is 6.64. The molecule has 1 fully saturated rings. The summed E-state index contributed by atoms with van der Waals surface area (Å²) < 4.78 is 5.18. The highest BCUT2D eigenvalue weighted by atomic mass is 32.2. The molecule has 0 bridgehead atoms. The first-order valence-electron chi connectivity index (χ1n) is 7.53. The van der Waals surface area contributed by atoms with Crippen molar-refractivity contribution < 1.29 is 9.21 Å². The van der Waals surface area contributed by atoms with Crippen molar-refractivity contribution in [2.45, 2.75) is 6.42 Å². The number of carbonyl (C=O) groups excluding carboxylic acids is 1. The molecule has 1 saturated heterocycles. The Hall–Kier alpha value is -1.63. The molecule has 22 heavy (non-hydrogen) atoms. The second kappa shape index (κ2) is 8.73. The Morgan fingerprint density at radius 2 is 2.09 bits per heavy atom. The third-order valence-corrected chi connectivity index (χ3v) is 4.32. The summed E-state index contributed by atoms with van der Waals surface area (Å²) in [6, 6.07) is 3.45. The zero-order valence-electron chi connectivity index (χ0n) is 13.2. The van der Waals surface area contributed by atoms with Crippen molar-refractivity contribution in [3.63, 3.8) is 0 Å². The van der Waals surface area contributed by atoms with Gasteiger partial charge in [0.2, 0.25) is 0 Å². The highest BCUT2D eigenvalue weighted by molar-refractivity contribution is 7.98. The molecule has 0 atom stereocenters. The van der Waals surface area contributed by atoms with Crippen LogP contribution in [0, 0.1) is 0 Å². The number of piperazine rings is 1. The number of guanidine groups is 1. The van der Waals surface area contributed by atoms with Crippen molar-refractivity contribution in [2.24, 2.45) is 4.99 Å². The first-order valence-corrected chi connectivity index (χ1v) is 8.93. The van der Waals surface area contributed by atoms with Crippen molar-refractivity contribution in [3.8, 4) is 0 Å². The molecule has 0 saturated carbocycles. The Bertz CT molecular complexity index is 482. The number of rotatable bonds is 5. The number of carbonyl (C=O) groups is 1. The molecule has 1 aromatic rings. The Labute approximate surface area is 135 Å². The second-order valence-electron chi connectivity index (χ2n) is 5.08. The minimum atomic E-state index is -0.0347. The maximum absolute atomic E-state index is 12.2. The quantitative estimate of drug-likeness (QED) is 0.503. The van der Waals surface area contributed by atoms with Crippen LogP contribution < -0.4 is 5.32 Å². The predicted octanol–water partition coefficient (Wildman–Crippen LogP) is 1.37. The predicted molar refractivity (Wildman–Crippen MR) is 90.5 cm³/mol. The fourth-order valence-electron chi connectivity index (χ4n) is 2.43. The van der Waals surface area contributed by atoms with Crippen molar-refractivity contribution in [1.29, 1.82) is 0 Å². The number of nitrogens with zero attached hydrogens (tertiary/aromatic N) is 3. The van der Waals surface area contributed by atoms with Gasteiger partial charge in [0.15, 0.2) is 11.7 Å². The van der Waals surface area contributed by atoms with Crippen LogP contribution in [0.1, 0.15) is 17.0 Å². The van der Waals surface area contributed by atoms with Crippen LogP contribution in [-0.2, 0) is 0 Å². The third-order valence-electron chi connectivity index (χ3n) is 3.62. The Morgan fingerprint density at radius 1 is 1.36 bits per heavy atom. The molecule has 0 aliphatic carbocycles. The minimum absolute atomic E-state index is 0.0347. The van der Waals surface area contributed by atoms with Gasteiger partial charge in [0.05, 0.1) is 6.26 Å². The van der Waals surface area contributed by atoms with Crippen LogP contribution >= 0.6 is 11.8 Å². The van der Waals surface area contributed by atoms with Gasteiger partial charge in [0.1, 0.15) is 0 Å². The lowest BCUT2D eigenvalue weighted by Gasteiger charge is -2.36. The first-order chi connectivity index (χ1) is 10.8. The molecule has 1 N–H and O–H groups in total. The fraction of sp³-hybridized carbons (Fsp3) is 0.600. The van der Waals surface area contributed by atoms with Crippen molar-refractivity contribution >= 4 is 23.6 Å². The van der Waals surface area contributed by atoms with Crippen LogP contribution in [0.15, 0.2) is 27.8 Å². The largest absolute Gasteiger partial charge is 0.459 e. The van der Waals surface area contributed by atoms with E-state index >= 15 is 0 Å². The smallest absolute Gasteiger partial charge is 0.289 e. The standard InChI is InChI=1S/C15H24N4O2S/c1-16-15(17-6-4-12-22-2)19-9-7-18(8-10-19)14(20)13-5-3-11-21-13/h3,5,11H,4,6-10,12H2,1-2H3,(H,16,17). The summed E-state index contributed by atoms with van der Waals surface area (Å²) in [6.07, 6.45) is 4.77. The number of hydrogen-bond acceptors (Lipinski definition) is 4. The molecule has 1 aromatic heterocycles. The van der Waals surface area contributed by atoms with Crippen LogP contribution in [0.5, 0.6) is 0 Å². The molecular weight excluding hydrogens is 300 g/mol. The number of amides is 1. The lowest BCUT2D eigenvalue weighted by Crippen LogP contribution is -2.53. The lowest BCUT2D eigenvalue weighted by atomic mass is 10.3. The van der Waals surface area contributed by atoms with Gasteiger partial charge in [-0.15, -0.1) is 0 Å². The zero-order chi connectivity index (χ0) is 15.8. The molecule has 122 valence electrons. The summed E-state index contributed by atoms with van der Waals surface area (Å²) in [7, 11) is 1.80. The molecule has 2 heterocycles. The SMILES string of the molecule is CN=C(NCCCSC)N1CCN(C(=O)c2ccco2)CC1. The molecule has 0 radical (unpaired) electrons. The van der Waals surface area contributed by atoms with E-state index in [0.717, 1.165) is 37.8 Å². The average molecular weight is 324 g/mol. The highest BCUT2D eigenvalue weighted by Crippen LogP contribution is 2.09. The van der Waals surface area contributed by atoms with E-state index < -0.39 is 0 Å². The van der Waals surface area contributed by atoms with Gasteiger partial charge in [-0.3, -0.25) is 9.79 Å². The summed E-state index contributed by atoms with van der Waals surface area (Å²) in [5.74, 6) is 2.45. The summed E-state index contributed by atoms with van der Waals surface area (Å²) in [5.41, 5.74) is 0. The third kappa shape index (κ3) is 4.43. The van der Waals surface area contributed by atoms with Gasteiger partial charge in [-0.2, -0.15) is 11.8 Å². The molecule has 0 spiro atoms. The fourth-order valence-corrected chi connectivity index (χ4v) is 2.86. The minimum Gasteiger partial charge on any atom is -0.459 e. The Balaban J connectivity index is 1.79. The van der Waals surface area contributed by atoms with E-state index in [1.54, 1.807) is 19.2 Å². The van der Waals surface area contributed by atoms with Gasteiger partial charge in [-0.1, -0.05) is 0 Å². The van der Waals surface area contributed by atoms with Crippen LogP contribution in [0.25, 0.3) is 0 Å². The van der Waals surface area contributed by atoms with Gasteiger partial charge in [-0.25, -0.2) is 0 Å². The topological polar surface area (TPSA) is 61.1 Å². The van der Waals surface area contributed by atoms with Crippen LogP contribution in [0.2, 0.25) is 0 Å². The Morgan fingerprint density at radius 3 is 2.68 bits per heavy atom. The van der Waals surface area contributed by atoms with Crippen LogP contribution in [0.3, 0.4) is 0 Å². The zero-order valence-corrected chi connectivity index (χ0v) is 14.1. The van der Waals surface area contributed by atoms with E-state index in [-0.39, 0.29) is 5.91 Å². The van der Waals surface area contributed by atoms with E-state index in [2.05, 4.69) is 21.5 Å². The van der Waals surface area contributed by atoms with E-state index in [0.29, 0.717) is 18.8 Å². The molecule has 1 aliphatic rings. The molecule has 0 unspecified atom stereocenters. The normalized spacial score (nSPS) is 16.0. The average Bonchev–Trinajstić information content (AvgIpc) is 3.09. The van der Waals surface area contributed by atoms with E-state index in [1.807, 2.05) is 16.7 Å². The van der Waals surface area contributed by atoms with E-state index in [9.17, 15) is 4.79 Å². The molecule has 1 amide bonds. The monoisotopic (exact) mass is 324 g/mol. The molecule has 1 aliphatic heterocycles. The summed E-state index contributed by atoms with van der Waals surface area (Å²) in [5, 5.41) is 3.39. The van der Waals surface area contributed by atoms with Gasteiger partial charge in [0, 0.05) is 39.8 Å².